The molecule has 26 heavy (non-hydrogen) atoms. The van der Waals surface area contributed by atoms with E-state index in [-0.39, 0.29) is 12.5 Å². The van der Waals surface area contributed by atoms with Crippen LogP contribution in [0, 0.1) is 13.8 Å². The van der Waals surface area contributed by atoms with Gasteiger partial charge in [0.2, 0.25) is 5.91 Å². The quantitative estimate of drug-likeness (QED) is 0.798. The average Bonchev–Trinajstić information content (AvgIpc) is 3.12. The first-order valence-electron chi connectivity index (χ1n) is 8.33. The van der Waals surface area contributed by atoms with Crippen LogP contribution in [0.5, 0.6) is 0 Å². The fraction of sp³-hybridized carbons (Fsp3) is 0.529. The van der Waals surface area contributed by atoms with Gasteiger partial charge < -0.3 is 9.26 Å². The van der Waals surface area contributed by atoms with Gasteiger partial charge in [-0.2, -0.15) is 0 Å². The fourth-order valence-electron chi connectivity index (χ4n) is 2.70. The second kappa shape index (κ2) is 6.71. The molecule has 0 unspecified atom stereocenters. The van der Waals surface area contributed by atoms with Crippen molar-refractivity contribution in [1.29, 1.82) is 0 Å². The summed E-state index contributed by atoms with van der Waals surface area (Å²) in [6.07, 6.45) is 1.25. The van der Waals surface area contributed by atoms with Crippen molar-refractivity contribution in [3.05, 3.63) is 17.7 Å². The van der Waals surface area contributed by atoms with E-state index in [9.17, 15) is 9.59 Å². The van der Waals surface area contributed by atoms with E-state index in [1.54, 1.807) is 31.9 Å². The fourth-order valence-corrected chi connectivity index (χ4v) is 3.80. The average molecular weight is 378 g/mol. The number of anilines is 1. The molecule has 0 atom stereocenters. The summed E-state index contributed by atoms with van der Waals surface area (Å²) in [5.74, 6) is 0.542. The molecule has 1 aliphatic rings. The highest BCUT2D eigenvalue weighted by Gasteiger charge is 2.32. The first kappa shape index (κ1) is 18.4. The first-order valence-corrected chi connectivity index (χ1v) is 9.15. The minimum Gasteiger partial charge on any atom is -0.444 e. The van der Waals surface area contributed by atoms with Crippen molar-refractivity contribution in [3.8, 4) is 10.4 Å². The molecule has 0 aliphatic carbocycles. The summed E-state index contributed by atoms with van der Waals surface area (Å²) in [5.41, 5.74) is 1.11. The molecule has 3 heterocycles. The molecule has 9 heteroatoms. The maximum absolute atomic E-state index is 12.5. The third-order valence-electron chi connectivity index (χ3n) is 3.88. The van der Waals surface area contributed by atoms with Crippen LogP contribution in [0.25, 0.3) is 10.4 Å². The third kappa shape index (κ3) is 3.72. The number of ether oxygens (including phenoxy) is 1. The minimum absolute atomic E-state index is 0.0187. The zero-order chi connectivity index (χ0) is 19.1. The van der Waals surface area contributed by atoms with Crippen LogP contribution >= 0.6 is 11.3 Å². The zero-order valence-corrected chi connectivity index (χ0v) is 16.3. The van der Waals surface area contributed by atoms with Gasteiger partial charge in [-0.25, -0.2) is 9.78 Å². The van der Waals surface area contributed by atoms with Crippen molar-refractivity contribution in [1.82, 2.24) is 15.0 Å². The predicted molar refractivity (Wildman–Crippen MR) is 97.2 cm³/mol. The molecule has 0 spiro atoms. The summed E-state index contributed by atoms with van der Waals surface area (Å²) in [4.78, 5) is 33.0. The lowest BCUT2D eigenvalue weighted by atomic mass is 10.2. The van der Waals surface area contributed by atoms with Crippen LogP contribution in [0.1, 0.15) is 32.2 Å². The highest BCUT2D eigenvalue weighted by atomic mass is 32.1. The molecule has 8 nitrogen and oxygen atoms in total. The van der Waals surface area contributed by atoms with Gasteiger partial charge in [-0.3, -0.25) is 14.6 Å². The Labute approximate surface area is 155 Å². The number of hydrogen-bond acceptors (Lipinski definition) is 7. The van der Waals surface area contributed by atoms with Gasteiger partial charge in [0, 0.05) is 19.3 Å². The van der Waals surface area contributed by atoms with Crippen LogP contribution in [-0.2, 0) is 9.53 Å². The Balaban J connectivity index is 1.71. The standard InChI is InChI=1S/C17H22N4O4S/c1-10-14(11(2)25-19-10)12-8-18-15(26-12)21-7-6-20(9-13(21)22)16(23)24-17(3,4)5/h8H,6-7,9H2,1-5H3. The van der Waals surface area contributed by atoms with Gasteiger partial charge in [-0.1, -0.05) is 16.5 Å². The molecule has 2 aromatic rings. The summed E-state index contributed by atoms with van der Waals surface area (Å²) in [7, 11) is 0. The van der Waals surface area contributed by atoms with Gasteiger partial charge in [0.15, 0.2) is 5.13 Å². The molecule has 0 radical (unpaired) electrons. The highest BCUT2D eigenvalue weighted by molar-refractivity contribution is 7.19. The number of aromatic nitrogens is 2. The smallest absolute Gasteiger partial charge is 0.410 e. The summed E-state index contributed by atoms with van der Waals surface area (Å²) in [5, 5.41) is 4.56. The van der Waals surface area contributed by atoms with Crippen LogP contribution in [0.3, 0.4) is 0 Å². The Morgan fingerprint density at radius 2 is 2.04 bits per heavy atom. The number of amides is 2. The maximum atomic E-state index is 12.5. The van der Waals surface area contributed by atoms with E-state index in [4.69, 9.17) is 9.26 Å². The molecule has 1 aliphatic heterocycles. The van der Waals surface area contributed by atoms with E-state index in [2.05, 4.69) is 10.1 Å². The van der Waals surface area contributed by atoms with E-state index in [0.29, 0.717) is 18.2 Å². The zero-order valence-electron chi connectivity index (χ0n) is 15.5. The maximum Gasteiger partial charge on any atom is 0.410 e. The van der Waals surface area contributed by atoms with Crippen molar-refractivity contribution in [2.24, 2.45) is 0 Å². The molecule has 3 rings (SSSR count). The molecule has 0 N–H and O–H groups in total. The van der Waals surface area contributed by atoms with E-state index >= 15 is 0 Å². The Bertz CT molecular complexity index is 817. The molecule has 1 saturated heterocycles. The molecule has 0 bridgehead atoms. The summed E-state index contributed by atoms with van der Waals surface area (Å²) < 4.78 is 10.5. The topological polar surface area (TPSA) is 88.8 Å². The van der Waals surface area contributed by atoms with Crippen LogP contribution < -0.4 is 4.90 Å². The number of carbonyl (C=O) groups excluding carboxylic acids is 2. The Hall–Kier alpha value is -2.42. The first-order chi connectivity index (χ1) is 12.2. The SMILES string of the molecule is Cc1noc(C)c1-c1cnc(N2CCN(C(=O)OC(C)(C)C)CC2=O)s1. The van der Waals surface area contributed by atoms with Crippen molar-refractivity contribution in [2.75, 3.05) is 24.5 Å². The van der Waals surface area contributed by atoms with E-state index in [1.165, 1.54) is 16.2 Å². The second-order valence-corrected chi connectivity index (χ2v) is 8.16. The summed E-state index contributed by atoms with van der Waals surface area (Å²) >= 11 is 1.41. The van der Waals surface area contributed by atoms with Crippen molar-refractivity contribution in [3.63, 3.8) is 0 Å². The van der Waals surface area contributed by atoms with Gasteiger partial charge in [0.05, 0.1) is 16.1 Å². The molecule has 2 aromatic heterocycles. The highest BCUT2D eigenvalue weighted by Crippen LogP contribution is 2.35. The lowest BCUT2D eigenvalue weighted by Crippen LogP contribution is -2.53. The molecular weight excluding hydrogens is 356 g/mol. The Kier molecular flexibility index (Phi) is 4.74. The predicted octanol–water partition coefficient (Wildman–Crippen LogP) is 3.00. The van der Waals surface area contributed by atoms with Gasteiger partial charge in [0.1, 0.15) is 17.9 Å². The number of aryl methyl sites for hydroxylation is 2. The molecule has 140 valence electrons. The van der Waals surface area contributed by atoms with Crippen molar-refractivity contribution < 1.29 is 18.8 Å². The number of nitrogens with zero attached hydrogens (tertiary/aromatic N) is 4. The molecule has 2 amide bonds. The summed E-state index contributed by atoms with van der Waals surface area (Å²) in [6.45, 7) is 9.89. The Morgan fingerprint density at radius 1 is 1.31 bits per heavy atom. The van der Waals surface area contributed by atoms with Gasteiger partial charge in [-0.15, -0.1) is 0 Å². The number of hydrogen-bond donors (Lipinski definition) is 0. The van der Waals surface area contributed by atoms with Crippen LogP contribution in [-0.4, -0.2) is 52.3 Å². The van der Waals surface area contributed by atoms with E-state index in [1.807, 2.05) is 13.8 Å². The van der Waals surface area contributed by atoms with Crippen LogP contribution in [0.2, 0.25) is 0 Å². The largest absolute Gasteiger partial charge is 0.444 e. The molecule has 0 saturated carbocycles. The number of piperazine rings is 1. The van der Waals surface area contributed by atoms with Gasteiger partial charge in [-0.05, 0) is 34.6 Å². The number of rotatable bonds is 2. The Morgan fingerprint density at radius 3 is 2.62 bits per heavy atom. The molecule has 0 aromatic carbocycles. The number of thiazole rings is 1. The van der Waals surface area contributed by atoms with Crippen molar-refractivity contribution >= 4 is 28.5 Å². The summed E-state index contributed by atoms with van der Waals surface area (Å²) in [6, 6.07) is 0. The third-order valence-corrected chi connectivity index (χ3v) is 4.91. The van der Waals surface area contributed by atoms with Crippen molar-refractivity contribution in [2.45, 2.75) is 40.2 Å². The minimum atomic E-state index is -0.587. The lowest BCUT2D eigenvalue weighted by Gasteiger charge is -2.34. The second-order valence-electron chi connectivity index (χ2n) is 7.15. The molecular formula is C17H22N4O4S. The van der Waals surface area contributed by atoms with E-state index in [0.717, 1.165) is 21.9 Å². The molecule has 1 fully saturated rings. The van der Waals surface area contributed by atoms with Gasteiger partial charge in [0.25, 0.3) is 0 Å². The monoisotopic (exact) mass is 378 g/mol. The van der Waals surface area contributed by atoms with Crippen LogP contribution in [0.15, 0.2) is 10.7 Å². The lowest BCUT2D eigenvalue weighted by molar-refractivity contribution is -0.121. The van der Waals surface area contributed by atoms with Crippen LogP contribution in [0.4, 0.5) is 9.93 Å². The number of carbonyl (C=O) groups is 2. The normalized spacial score (nSPS) is 15.5. The van der Waals surface area contributed by atoms with E-state index < -0.39 is 11.7 Å². The van der Waals surface area contributed by atoms with Gasteiger partial charge >= 0.3 is 6.09 Å².